The minimum absolute atomic E-state index is 0.0308. The van der Waals surface area contributed by atoms with Crippen LogP contribution in [0, 0.1) is 0 Å². The largest absolute Gasteiger partial charge is 0.376 e. The molecule has 8 nitrogen and oxygen atoms in total. The van der Waals surface area contributed by atoms with Crippen molar-refractivity contribution >= 4 is 35.3 Å². The summed E-state index contributed by atoms with van der Waals surface area (Å²) in [5.41, 5.74) is 1.83. The molecule has 1 aliphatic heterocycles. The Labute approximate surface area is 201 Å². The Morgan fingerprint density at radius 3 is 2.64 bits per heavy atom. The predicted molar refractivity (Wildman–Crippen MR) is 127 cm³/mol. The Kier molecular flexibility index (Phi) is 7.98. The first-order chi connectivity index (χ1) is 16.1. The molecule has 0 bridgehead atoms. The van der Waals surface area contributed by atoms with Crippen molar-refractivity contribution in [2.75, 3.05) is 12.4 Å². The molecule has 1 aliphatic rings. The van der Waals surface area contributed by atoms with Crippen LogP contribution in [0.5, 0.6) is 0 Å². The van der Waals surface area contributed by atoms with Gasteiger partial charge in [0.25, 0.3) is 0 Å². The summed E-state index contributed by atoms with van der Waals surface area (Å²) in [6.45, 7) is 1.67. The predicted octanol–water partition coefficient (Wildman–Crippen LogP) is 3.90. The van der Waals surface area contributed by atoms with E-state index in [2.05, 4.69) is 20.8 Å². The standard InChI is InChI=1S/C23H24ClN5O3S/c24-18-10-8-17(9-11-18)21-27-28-23(29(21)14-19-7-4-12-32-19)33-15-20(30)26-22(31)25-13-16-5-2-1-3-6-16/h1-3,5-6,8-11,19H,4,7,12-15H2,(H2,25,26,30,31)/t19-/m0/s1. The number of nitrogens with zero attached hydrogens (tertiary/aromatic N) is 3. The van der Waals surface area contributed by atoms with Crippen LogP contribution in [0.25, 0.3) is 11.4 Å². The van der Waals surface area contributed by atoms with E-state index in [-0.39, 0.29) is 11.9 Å². The Hall–Kier alpha value is -2.88. The van der Waals surface area contributed by atoms with E-state index < -0.39 is 11.9 Å². The van der Waals surface area contributed by atoms with Gasteiger partial charge in [-0.1, -0.05) is 53.7 Å². The van der Waals surface area contributed by atoms with Gasteiger partial charge < -0.3 is 10.1 Å². The Morgan fingerprint density at radius 1 is 1.12 bits per heavy atom. The summed E-state index contributed by atoms with van der Waals surface area (Å²) < 4.78 is 7.76. The van der Waals surface area contributed by atoms with E-state index in [1.165, 1.54) is 11.8 Å². The highest BCUT2D eigenvalue weighted by atomic mass is 35.5. The Balaban J connectivity index is 1.37. The molecule has 0 radical (unpaired) electrons. The molecule has 0 aliphatic carbocycles. The lowest BCUT2D eigenvalue weighted by molar-refractivity contribution is -0.117. The van der Waals surface area contributed by atoms with Crippen molar-refractivity contribution in [3.05, 3.63) is 65.2 Å². The van der Waals surface area contributed by atoms with Crippen LogP contribution in [0.2, 0.25) is 5.02 Å². The highest BCUT2D eigenvalue weighted by molar-refractivity contribution is 7.99. The summed E-state index contributed by atoms with van der Waals surface area (Å²) in [6.07, 6.45) is 2.06. The third-order valence-electron chi connectivity index (χ3n) is 5.11. The summed E-state index contributed by atoms with van der Waals surface area (Å²) in [4.78, 5) is 24.4. The lowest BCUT2D eigenvalue weighted by Gasteiger charge is -2.14. The highest BCUT2D eigenvalue weighted by Gasteiger charge is 2.22. The van der Waals surface area contributed by atoms with Crippen LogP contribution in [0.15, 0.2) is 59.8 Å². The smallest absolute Gasteiger partial charge is 0.321 e. The molecule has 1 fully saturated rings. The number of rotatable bonds is 8. The summed E-state index contributed by atoms with van der Waals surface area (Å²) in [6, 6.07) is 16.3. The molecule has 1 saturated heterocycles. The third kappa shape index (κ3) is 6.56. The first-order valence-corrected chi connectivity index (χ1v) is 12.0. The Bertz CT molecular complexity index is 1090. The molecule has 0 unspecified atom stereocenters. The lowest BCUT2D eigenvalue weighted by atomic mass is 10.2. The van der Waals surface area contributed by atoms with Crippen LogP contribution in [0.1, 0.15) is 18.4 Å². The number of hydrogen-bond donors (Lipinski definition) is 2. The van der Waals surface area contributed by atoms with Crippen LogP contribution in [-0.2, 0) is 22.6 Å². The minimum atomic E-state index is -0.535. The number of nitrogens with one attached hydrogen (secondary N) is 2. The highest BCUT2D eigenvalue weighted by Crippen LogP contribution is 2.27. The fraction of sp³-hybridized carbons (Fsp3) is 0.304. The quantitative estimate of drug-likeness (QED) is 0.470. The van der Waals surface area contributed by atoms with E-state index >= 15 is 0 Å². The zero-order valence-corrected chi connectivity index (χ0v) is 19.4. The van der Waals surface area contributed by atoms with Gasteiger partial charge in [0, 0.05) is 23.7 Å². The number of thioether (sulfide) groups is 1. The maximum Gasteiger partial charge on any atom is 0.321 e. The van der Waals surface area contributed by atoms with Crippen LogP contribution < -0.4 is 10.6 Å². The number of ether oxygens (including phenoxy) is 1. The van der Waals surface area contributed by atoms with Crippen molar-refractivity contribution in [1.29, 1.82) is 0 Å². The number of benzene rings is 2. The molecule has 1 aromatic heterocycles. The maximum absolute atomic E-state index is 12.3. The van der Waals surface area contributed by atoms with Crippen molar-refractivity contribution in [2.24, 2.45) is 0 Å². The molecule has 4 rings (SSSR count). The zero-order valence-electron chi connectivity index (χ0n) is 17.9. The van der Waals surface area contributed by atoms with Gasteiger partial charge in [-0.2, -0.15) is 0 Å². The summed E-state index contributed by atoms with van der Waals surface area (Å²) in [5, 5.41) is 14.9. The van der Waals surface area contributed by atoms with Gasteiger partial charge in [0.15, 0.2) is 11.0 Å². The first kappa shape index (κ1) is 23.3. The van der Waals surface area contributed by atoms with Gasteiger partial charge in [0.05, 0.1) is 18.4 Å². The van der Waals surface area contributed by atoms with E-state index in [0.29, 0.717) is 29.1 Å². The van der Waals surface area contributed by atoms with Gasteiger partial charge in [-0.25, -0.2) is 4.79 Å². The molecule has 0 saturated carbocycles. The summed E-state index contributed by atoms with van der Waals surface area (Å²) >= 11 is 7.25. The molecular formula is C23H24ClN5O3S. The molecule has 2 N–H and O–H groups in total. The molecule has 2 aromatic carbocycles. The van der Waals surface area contributed by atoms with E-state index in [0.717, 1.165) is 30.6 Å². The number of carbonyl (C=O) groups excluding carboxylic acids is 2. The van der Waals surface area contributed by atoms with Gasteiger partial charge >= 0.3 is 6.03 Å². The number of hydrogen-bond acceptors (Lipinski definition) is 6. The van der Waals surface area contributed by atoms with Crippen molar-refractivity contribution < 1.29 is 14.3 Å². The SMILES string of the molecule is O=C(CSc1nnc(-c2ccc(Cl)cc2)n1C[C@@H]1CCCO1)NC(=O)NCc1ccccc1. The van der Waals surface area contributed by atoms with Crippen LogP contribution in [-0.4, -0.2) is 45.2 Å². The lowest BCUT2D eigenvalue weighted by Crippen LogP contribution is -2.40. The number of imide groups is 1. The number of halogens is 1. The van der Waals surface area contributed by atoms with Crippen molar-refractivity contribution in [2.45, 2.75) is 37.2 Å². The minimum Gasteiger partial charge on any atom is -0.376 e. The second kappa shape index (κ2) is 11.3. The molecule has 33 heavy (non-hydrogen) atoms. The molecular weight excluding hydrogens is 462 g/mol. The van der Waals surface area contributed by atoms with Crippen LogP contribution >= 0.6 is 23.4 Å². The molecule has 172 valence electrons. The zero-order chi connectivity index (χ0) is 23.0. The average Bonchev–Trinajstić information content (AvgIpc) is 3.48. The van der Waals surface area contributed by atoms with Crippen molar-refractivity contribution in [3.63, 3.8) is 0 Å². The molecule has 3 amide bonds. The molecule has 0 spiro atoms. The average molecular weight is 486 g/mol. The second-order valence-corrected chi connectivity index (χ2v) is 8.94. The normalized spacial score (nSPS) is 15.4. The van der Waals surface area contributed by atoms with Gasteiger partial charge in [-0.3, -0.25) is 14.7 Å². The first-order valence-electron chi connectivity index (χ1n) is 10.6. The van der Waals surface area contributed by atoms with Gasteiger partial charge in [0.2, 0.25) is 5.91 Å². The van der Waals surface area contributed by atoms with E-state index in [1.54, 1.807) is 12.1 Å². The number of aromatic nitrogens is 3. The molecule has 3 aromatic rings. The summed E-state index contributed by atoms with van der Waals surface area (Å²) in [5.74, 6) is 0.305. The fourth-order valence-electron chi connectivity index (χ4n) is 3.48. The van der Waals surface area contributed by atoms with Gasteiger partial charge in [-0.15, -0.1) is 10.2 Å². The van der Waals surface area contributed by atoms with Crippen molar-refractivity contribution in [3.8, 4) is 11.4 Å². The fourth-order valence-corrected chi connectivity index (χ4v) is 4.35. The van der Waals surface area contributed by atoms with E-state index in [9.17, 15) is 9.59 Å². The van der Waals surface area contributed by atoms with Gasteiger partial charge in [-0.05, 0) is 42.7 Å². The third-order valence-corrected chi connectivity index (χ3v) is 6.33. The van der Waals surface area contributed by atoms with E-state index in [1.807, 2.05) is 47.0 Å². The van der Waals surface area contributed by atoms with E-state index in [4.69, 9.17) is 16.3 Å². The van der Waals surface area contributed by atoms with Crippen molar-refractivity contribution in [1.82, 2.24) is 25.4 Å². The molecule has 2 heterocycles. The number of carbonyl (C=O) groups is 2. The monoisotopic (exact) mass is 485 g/mol. The van der Waals surface area contributed by atoms with Crippen LogP contribution in [0.3, 0.4) is 0 Å². The van der Waals surface area contributed by atoms with Gasteiger partial charge in [0.1, 0.15) is 0 Å². The summed E-state index contributed by atoms with van der Waals surface area (Å²) in [7, 11) is 0. The topological polar surface area (TPSA) is 98.1 Å². The Morgan fingerprint density at radius 2 is 1.91 bits per heavy atom. The van der Waals surface area contributed by atoms with Crippen LogP contribution in [0.4, 0.5) is 4.79 Å². The number of amides is 3. The maximum atomic E-state index is 12.3. The number of urea groups is 1. The molecule has 10 heteroatoms. The molecule has 1 atom stereocenters. The second-order valence-electron chi connectivity index (χ2n) is 7.56.